The fourth-order valence-corrected chi connectivity index (χ4v) is 2.63. The first-order valence-electron chi connectivity index (χ1n) is 4.55. The van der Waals surface area contributed by atoms with Crippen LogP contribution in [0.15, 0.2) is 34.9 Å². The van der Waals surface area contributed by atoms with Gasteiger partial charge in [-0.1, -0.05) is 0 Å². The van der Waals surface area contributed by atoms with Crippen molar-refractivity contribution in [3.63, 3.8) is 0 Å². The number of benzene rings is 1. The van der Waals surface area contributed by atoms with E-state index >= 15 is 0 Å². The van der Waals surface area contributed by atoms with Crippen LogP contribution in [0.5, 0.6) is 0 Å². The summed E-state index contributed by atoms with van der Waals surface area (Å²) >= 11 is 5.20. The van der Waals surface area contributed by atoms with Crippen molar-refractivity contribution < 1.29 is 14.3 Å². The van der Waals surface area contributed by atoms with E-state index in [1.165, 1.54) is 22.8 Å². The molecule has 0 aliphatic heterocycles. The highest BCUT2D eigenvalue weighted by Gasteiger charge is 2.14. The normalized spacial score (nSPS) is 10.5. The highest BCUT2D eigenvalue weighted by molar-refractivity contribution is 14.1. The van der Waals surface area contributed by atoms with Crippen LogP contribution in [0.2, 0.25) is 0 Å². The minimum atomic E-state index is -1.03. The third-order valence-corrected chi connectivity index (χ3v) is 3.47. The Labute approximate surface area is 119 Å². The maximum absolute atomic E-state index is 13.0. The van der Waals surface area contributed by atoms with Gasteiger partial charge in [-0.25, -0.2) is 9.18 Å². The van der Waals surface area contributed by atoms with Gasteiger partial charge in [0.05, 0.1) is 5.69 Å². The highest BCUT2D eigenvalue weighted by Crippen LogP contribution is 2.24. The van der Waals surface area contributed by atoms with Crippen LogP contribution in [-0.4, -0.2) is 15.6 Å². The number of carbonyl (C=O) groups is 1. The van der Waals surface area contributed by atoms with E-state index in [1.807, 2.05) is 22.6 Å². The van der Waals surface area contributed by atoms with Crippen molar-refractivity contribution in [3.8, 4) is 5.69 Å². The van der Waals surface area contributed by atoms with Crippen LogP contribution in [0.25, 0.3) is 5.69 Å². The molecule has 1 aromatic carbocycles. The zero-order valence-corrected chi connectivity index (χ0v) is 12.1. The van der Waals surface area contributed by atoms with E-state index in [1.54, 1.807) is 12.3 Å². The number of aromatic nitrogens is 1. The average Bonchev–Trinajstić information content (AvgIpc) is 2.60. The molecule has 0 fully saturated rings. The number of carboxylic acid groups (broad SMARTS) is 1. The predicted molar refractivity (Wildman–Crippen MR) is 73.1 cm³/mol. The highest BCUT2D eigenvalue weighted by atomic mass is 127. The topological polar surface area (TPSA) is 42.2 Å². The molecule has 0 unspecified atom stereocenters. The van der Waals surface area contributed by atoms with E-state index in [0.717, 1.165) is 0 Å². The Morgan fingerprint density at radius 3 is 2.71 bits per heavy atom. The van der Waals surface area contributed by atoms with Gasteiger partial charge in [-0.3, -0.25) is 0 Å². The standard InChI is InChI=1S/C11H6BrFINO2/c12-6-3-10(11(16)17)15(5-6)9-2-1-7(13)4-8(9)14/h1-5H,(H,16,17). The van der Waals surface area contributed by atoms with E-state index < -0.39 is 5.97 Å². The average molecular weight is 410 g/mol. The summed E-state index contributed by atoms with van der Waals surface area (Å²) < 4.78 is 15.8. The van der Waals surface area contributed by atoms with Crippen LogP contribution in [0, 0.1) is 9.39 Å². The number of halogens is 3. The summed E-state index contributed by atoms with van der Waals surface area (Å²) in [6.45, 7) is 0. The largest absolute Gasteiger partial charge is 0.477 e. The SMILES string of the molecule is O=C(O)c1cc(Br)cn1-c1ccc(F)cc1I. The molecule has 0 aliphatic carbocycles. The minimum Gasteiger partial charge on any atom is -0.477 e. The summed E-state index contributed by atoms with van der Waals surface area (Å²) in [6, 6.07) is 5.71. The van der Waals surface area contributed by atoms with Crippen molar-refractivity contribution in [2.24, 2.45) is 0 Å². The van der Waals surface area contributed by atoms with Crippen LogP contribution >= 0.6 is 38.5 Å². The van der Waals surface area contributed by atoms with Gasteiger partial charge in [0.2, 0.25) is 0 Å². The molecule has 6 heteroatoms. The molecule has 2 rings (SSSR count). The first-order valence-corrected chi connectivity index (χ1v) is 6.43. The van der Waals surface area contributed by atoms with Crippen LogP contribution in [0.3, 0.4) is 0 Å². The van der Waals surface area contributed by atoms with Gasteiger partial charge in [-0.2, -0.15) is 0 Å². The molecule has 17 heavy (non-hydrogen) atoms. The summed E-state index contributed by atoms with van der Waals surface area (Å²) in [5.41, 5.74) is 0.761. The van der Waals surface area contributed by atoms with Gasteiger partial charge in [0.25, 0.3) is 0 Å². The number of hydrogen-bond donors (Lipinski definition) is 1. The number of nitrogens with zero attached hydrogens (tertiary/aromatic N) is 1. The van der Waals surface area contributed by atoms with Crippen LogP contribution < -0.4 is 0 Å². The second kappa shape index (κ2) is 4.77. The molecule has 0 amide bonds. The number of aromatic carboxylic acids is 1. The monoisotopic (exact) mass is 409 g/mol. The van der Waals surface area contributed by atoms with Gasteiger partial charge in [-0.05, 0) is 62.8 Å². The van der Waals surface area contributed by atoms with Crippen molar-refractivity contribution in [3.05, 3.63) is 50.0 Å². The third kappa shape index (κ3) is 2.52. The molecule has 1 N–H and O–H groups in total. The van der Waals surface area contributed by atoms with E-state index in [-0.39, 0.29) is 11.5 Å². The molecule has 1 heterocycles. The van der Waals surface area contributed by atoms with Crippen molar-refractivity contribution in [2.75, 3.05) is 0 Å². The molecule has 88 valence electrons. The third-order valence-electron chi connectivity index (χ3n) is 2.17. The predicted octanol–water partition coefficient (Wildman–Crippen LogP) is 3.68. The first-order chi connectivity index (χ1) is 7.99. The molecular weight excluding hydrogens is 404 g/mol. The van der Waals surface area contributed by atoms with E-state index in [2.05, 4.69) is 15.9 Å². The van der Waals surface area contributed by atoms with Crippen molar-refractivity contribution in [2.45, 2.75) is 0 Å². The molecular formula is C11H6BrFINO2. The molecule has 0 radical (unpaired) electrons. The number of hydrogen-bond acceptors (Lipinski definition) is 1. The molecule has 0 spiro atoms. The Hall–Kier alpha value is -0.890. The van der Waals surface area contributed by atoms with E-state index in [0.29, 0.717) is 13.7 Å². The zero-order valence-electron chi connectivity index (χ0n) is 8.32. The van der Waals surface area contributed by atoms with Gasteiger partial charge < -0.3 is 9.67 Å². The van der Waals surface area contributed by atoms with Gasteiger partial charge >= 0.3 is 5.97 Å². The van der Waals surface area contributed by atoms with Gasteiger partial charge in [0, 0.05) is 14.2 Å². The first kappa shape index (κ1) is 12.6. The quantitative estimate of drug-likeness (QED) is 0.769. The lowest BCUT2D eigenvalue weighted by Crippen LogP contribution is -2.06. The van der Waals surface area contributed by atoms with E-state index in [9.17, 15) is 9.18 Å². The van der Waals surface area contributed by atoms with E-state index in [4.69, 9.17) is 5.11 Å². The lowest BCUT2D eigenvalue weighted by Gasteiger charge is -2.08. The van der Waals surface area contributed by atoms with Gasteiger partial charge in [0.15, 0.2) is 0 Å². The van der Waals surface area contributed by atoms with Gasteiger partial charge in [0.1, 0.15) is 11.5 Å². The maximum atomic E-state index is 13.0. The molecule has 0 saturated heterocycles. The summed E-state index contributed by atoms with van der Waals surface area (Å²) in [7, 11) is 0. The minimum absolute atomic E-state index is 0.126. The molecule has 0 aliphatic rings. The second-order valence-electron chi connectivity index (χ2n) is 3.31. The fraction of sp³-hybridized carbons (Fsp3) is 0. The Morgan fingerprint density at radius 2 is 2.12 bits per heavy atom. The Morgan fingerprint density at radius 1 is 1.41 bits per heavy atom. The summed E-state index contributed by atoms with van der Waals surface area (Å²) in [5, 5.41) is 9.07. The smallest absolute Gasteiger partial charge is 0.352 e. The van der Waals surface area contributed by atoms with Crippen molar-refractivity contribution in [1.82, 2.24) is 4.57 Å². The maximum Gasteiger partial charge on any atom is 0.352 e. The molecule has 0 saturated carbocycles. The number of rotatable bonds is 2. The second-order valence-corrected chi connectivity index (χ2v) is 5.39. The Bertz CT molecular complexity index is 597. The molecule has 0 bridgehead atoms. The molecule has 1 aromatic heterocycles. The zero-order chi connectivity index (χ0) is 12.6. The van der Waals surface area contributed by atoms with Crippen LogP contribution in [0.4, 0.5) is 4.39 Å². The van der Waals surface area contributed by atoms with Crippen molar-refractivity contribution in [1.29, 1.82) is 0 Å². The molecule has 0 atom stereocenters. The lowest BCUT2D eigenvalue weighted by molar-refractivity contribution is 0.0688. The Balaban J connectivity index is 2.63. The lowest BCUT2D eigenvalue weighted by atomic mass is 10.3. The van der Waals surface area contributed by atoms with Crippen molar-refractivity contribution >= 4 is 44.5 Å². The summed E-state index contributed by atoms with van der Waals surface area (Å²) in [6.07, 6.45) is 1.64. The Kier molecular flexibility index (Phi) is 3.53. The molecule has 3 nitrogen and oxygen atoms in total. The number of carboxylic acids is 1. The fourth-order valence-electron chi connectivity index (χ4n) is 1.47. The van der Waals surface area contributed by atoms with Crippen LogP contribution in [-0.2, 0) is 0 Å². The summed E-state index contributed by atoms with van der Waals surface area (Å²) in [5.74, 6) is -1.38. The summed E-state index contributed by atoms with van der Waals surface area (Å²) in [4.78, 5) is 11.1. The van der Waals surface area contributed by atoms with Crippen LogP contribution in [0.1, 0.15) is 10.5 Å². The molecule has 2 aromatic rings. The van der Waals surface area contributed by atoms with Gasteiger partial charge in [-0.15, -0.1) is 0 Å².